The van der Waals surface area contributed by atoms with Crippen LogP contribution in [-0.2, 0) is 13.8 Å². The van der Waals surface area contributed by atoms with E-state index in [0.717, 1.165) is 0 Å². The van der Waals surface area contributed by atoms with Crippen LogP contribution in [0, 0.1) is 0 Å². The van der Waals surface area contributed by atoms with Crippen LogP contribution in [-0.4, -0.2) is 18.8 Å². The molecule has 0 fully saturated rings. The molecule has 0 rings (SSSR count). The molecule has 9 heavy (non-hydrogen) atoms. The van der Waals surface area contributed by atoms with Crippen molar-refractivity contribution in [3.63, 3.8) is 0 Å². The minimum Gasteiger partial charge on any atom is -0.365 e. The first-order valence-corrected chi connectivity index (χ1v) is 2.71. The molecular formula is C4H8ClNO3. The van der Waals surface area contributed by atoms with Crippen molar-refractivity contribution in [1.82, 2.24) is 0 Å². The van der Waals surface area contributed by atoms with Crippen molar-refractivity contribution < 1.29 is 13.8 Å². The maximum absolute atomic E-state index is 10.2. The lowest BCUT2D eigenvalue weighted by molar-refractivity contribution is -0.147. The predicted octanol–water partition coefficient (Wildman–Crippen LogP) is 0.00470. The number of carbonyl (C=O) groups is 1. The average molecular weight is 154 g/mol. The highest BCUT2D eigenvalue weighted by Crippen LogP contribution is 1.95. The summed E-state index contributed by atoms with van der Waals surface area (Å²) in [5, 5.41) is 0. The van der Waals surface area contributed by atoms with E-state index in [-0.39, 0.29) is 0 Å². The lowest BCUT2D eigenvalue weighted by atomic mass is 10.6. The molecule has 5 heteroatoms. The number of rotatable bonds is 4. The Kier molecular flexibility index (Phi) is 4.39. The molecule has 0 aromatic heterocycles. The van der Waals surface area contributed by atoms with Crippen molar-refractivity contribution in [1.29, 1.82) is 0 Å². The summed E-state index contributed by atoms with van der Waals surface area (Å²) in [5.74, 6) is -0.730. The number of primary amides is 1. The second kappa shape index (κ2) is 4.55. The first kappa shape index (κ1) is 8.68. The number of hydrogen-bond donors (Lipinski definition) is 1. The first-order valence-electron chi connectivity index (χ1n) is 2.40. The summed E-state index contributed by atoms with van der Waals surface area (Å²) in [4.78, 5) is 10.2. The average Bonchev–Trinajstić information content (AvgIpc) is 1.82. The van der Waals surface area contributed by atoms with Gasteiger partial charge in [-0.3, -0.25) is 4.79 Å². The SMILES string of the molecule is CCOC(OCl)C(N)=O. The fourth-order valence-corrected chi connectivity index (χ4v) is 0.442. The zero-order chi connectivity index (χ0) is 7.28. The third-order valence-electron chi connectivity index (χ3n) is 0.631. The molecule has 2 N–H and O–H groups in total. The molecule has 1 unspecified atom stereocenters. The highest BCUT2D eigenvalue weighted by Gasteiger charge is 2.13. The maximum Gasteiger partial charge on any atom is 0.275 e. The standard InChI is InChI=1S/C4H8ClNO3/c1-2-8-4(9-5)3(6)7/h4H,2H2,1H3,(H2,6,7). The number of halogens is 1. The van der Waals surface area contributed by atoms with E-state index in [4.69, 9.17) is 17.6 Å². The van der Waals surface area contributed by atoms with Crippen LogP contribution in [0.15, 0.2) is 0 Å². The molecule has 1 amide bonds. The van der Waals surface area contributed by atoms with Crippen molar-refractivity contribution in [2.24, 2.45) is 5.73 Å². The van der Waals surface area contributed by atoms with Gasteiger partial charge < -0.3 is 10.5 Å². The molecule has 0 spiro atoms. The normalized spacial score (nSPS) is 13.1. The Bertz CT molecular complexity index is 97.8. The van der Waals surface area contributed by atoms with E-state index in [9.17, 15) is 4.79 Å². The van der Waals surface area contributed by atoms with E-state index in [2.05, 4.69) is 9.03 Å². The van der Waals surface area contributed by atoms with Gasteiger partial charge in [-0.05, 0) is 6.92 Å². The summed E-state index contributed by atoms with van der Waals surface area (Å²) in [6, 6.07) is 0. The fraction of sp³-hybridized carbons (Fsp3) is 0.750. The molecule has 54 valence electrons. The van der Waals surface area contributed by atoms with Gasteiger partial charge in [0.25, 0.3) is 12.2 Å². The maximum atomic E-state index is 10.2. The molecule has 0 aliphatic carbocycles. The molecule has 4 nitrogen and oxygen atoms in total. The van der Waals surface area contributed by atoms with Crippen LogP contribution in [0.3, 0.4) is 0 Å². The summed E-state index contributed by atoms with van der Waals surface area (Å²) in [7, 11) is 0. The zero-order valence-electron chi connectivity index (χ0n) is 4.96. The lowest BCUT2D eigenvalue weighted by Gasteiger charge is -2.06. The number of nitrogens with two attached hydrogens (primary N) is 1. The van der Waals surface area contributed by atoms with Gasteiger partial charge in [-0.2, -0.15) is 0 Å². The minimum atomic E-state index is -1.13. The second-order valence-electron chi connectivity index (χ2n) is 1.28. The van der Waals surface area contributed by atoms with Crippen LogP contribution in [0.5, 0.6) is 0 Å². The molecule has 0 aliphatic rings. The zero-order valence-corrected chi connectivity index (χ0v) is 5.72. The van der Waals surface area contributed by atoms with Gasteiger partial charge in [0.1, 0.15) is 0 Å². The van der Waals surface area contributed by atoms with E-state index in [1.807, 2.05) is 0 Å². The Labute approximate surface area is 58.0 Å². The molecular weight excluding hydrogens is 146 g/mol. The fourth-order valence-electron chi connectivity index (χ4n) is 0.303. The summed E-state index contributed by atoms with van der Waals surface area (Å²) >= 11 is 4.82. The van der Waals surface area contributed by atoms with E-state index in [1.54, 1.807) is 6.92 Å². The van der Waals surface area contributed by atoms with Crippen LogP contribution < -0.4 is 5.73 Å². The van der Waals surface area contributed by atoms with Crippen LogP contribution in [0.25, 0.3) is 0 Å². The van der Waals surface area contributed by atoms with E-state index in [1.165, 1.54) is 0 Å². The van der Waals surface area contributed by atoms with Gasteiger partial charge in [-0.1, -0.05) is 0 Å². The summed E-state index contributed by atoms with van der Waals surface area (Å²) < 4.78 is 8.65. The summed E-state index contributed by atoms with van der Waals surface area (Å²) in [5.41, 5.74) is 4.76. The molecule has 0 aromatic carbocycles. The van der Waals surface area contributed by atoms with Crippen LogP contribution in [0.1, 0.15) is 6.92 Å². The molecule has 0 radical (unpaired) electrons. The Balaban J connectivity index is 3.54. The third-order valence-corrected chi connectivity index (χ3v) is 0.793. The van der Waals surface area contributed by atoms with E-state index < -0.39 is 12.2 Å². The van der Waals surface area contributed by atoms with Gasteiger partial charge in [0, 0.05) is 6.61 Å². The van der Waals surface area contributed by atoms with Gasteiger partial charge >= 0.3 is 0 Å². The molecule has 0 saturated heterocycles. The first-order chi connectivity index (χ1) is 4.22. The lowest BCUT2D eigenvalue weighted by Crippen LogP contribution is -2.31. The Morgan fingerprint density at radius 2 is 2.44 bits per heavy atom. The number of ether oxygens (including phenoxy) is 1. The Morgan fingerprint density at radius 1 is 1.89 bits per heavy atom. The second-order valence-corrected chi connectivity index (χ2v) is 1.46. The topological polar surface area (TPSA) is 61.6 Å². The third kappa shape index (κ3) is 3.29. The monoisotopic (exact) mass is 153 g/mol. The molecule has 0 aromatic rings. The smallest absolute Gasteiger partial charge is 0.275 e. The minimum absolute atomic E-state index is 0.334. The van der Waals surface area contributed by atoms with Crippen molar-refractivity contribution in [3.05, 3.63) is 0 Å². The van der Waals surface area contributed by atoms with Gasteiger partial charge in [0.15, 0.2) is 0 Å². The Morgan fingerprint density at radius 3 is 2.56 bits per heavy atom. The summed E-state index contributed by atoms with van der Waals surface area (Å²) in [6.07, 6.45) is -1.13. The number of amides is 1. The Hall–Kier alpha value is -0.320. The van der Waals surface area contributed by atoms with Crippen molar-refractivity contribution >= 4 is 17.8 Å². The van der Waals surface area contributed by atoms with Crippen molar-refractivity contribution in [2.75, 3.05) is 6.61 Å². The van der Waals surface area contributed by atoms with Crippen molar-refractivity contribution in [2.45, 2.75) is 13.2 Å². The van der Waals surface area contributed by atoms with Gasteiger partial charge in [0.05, 0.1) is 11.9 Å². The van der Waals surface area contributed by atoms with E-state index >= 15 is 0 Å². The van der Waals surface area contributed by atoms with Gasteiger partial charge in [0.2, 0.25) is 0 Å². The highest BCUT2D eigenvalue weighted by molar-refractivity contribution is 6.08. The highest BCUT2D eigenvalue weighted by atomic mass is 35.5. The number of carbonyl (C=O) groups excluding carboxylic acids is 1. The largest absolute Gasteiger partial charge is 0.365 e. The molecule has 0 heterocycles. The number of hydrogen-bond acceptors (Lipinski definition) is 3. The van der Waals surface area contributed by atoms with Gasteiger partial charge in [-0.15, -0.1) is 0 Å². The van der Waals surface area contributed by atoms with Crippen LogP contribution >= 0.6 is 11.9 Å². The van der Waals surface area contributed by atoms with E-state index in [0.29, 0.717) is 6.61 Å². The van der Waals surface area contributed by atoms with Crippen molar-refractivity contribution in [3.8, 4) is 0 Å². The molecule has 0 bridgehead atoms. The molecule has 0 aliphatic heterocycles. The van der Waals surface area contributed by atoms with Crippen LogP contribution in [0.4, 0.5) is 0 Å². The quantitative estimate of drug-likeness (QED) is 0.579. The predicted molar refractivity (Wildman–Crippen MR) is 31.5 cm³/mol. The molecule has 0 saturated carbocycles. The summed E-state index contributed by atoms with van der Waals surface area (Å²) in [6.45, 7) is 2.03. The molecule has 1 atom stereocenters. The van der Waals surface area contributed by atoms with Gasteiger partial charge in [-0.25, -0.2) is 4.29 Å². The van der Waals surface area contributed by atoms with Crippen LogP contribution in [0.2, 0.25) is 0 Å².